The second kappa shape index (κ2) is 9.69. The molecule has 164 valence electrons. The van der Waals surface area contributed by atoms with Gasteiger partial charge >= 0.3 is 0 Å². The number of hydrogen-bond donors (Lipinski definition) is 2. The number of aromatic amines is 1. The molecular formula is C27H29N3O2. The van der Waals surface area contributed by atoms with Gasteiger partial charge in [0.25, 0.3) is 5.91 Å². The van der Waals surface area contributed by atoms with Crippen LogP contribution in [0.25, 0.3) is 11.3 Å². The average Bonchev–Trinajstić information content (AvgIpc) is 3.25. The first-order valence-electron chi connectivity index (χ1n) is 11.0. The minimum atomic E-state index is -0.302. The summed E-state index contributed by atoms with van der Waals surface area (Å²) in [5.74, 6) is 0.831. The van der Waals surface area contributed by atoms with Crippen LogP contribution in [0.15, 0.2) is 78.4 Å². The normalized spacial score (nSPS) is 16.3. The van der Waals surface area contributed by atoms with Gasteiger partial charge < -0.3 is 10.1 Å². The molecule has 0 fully saturated rings. The van der Waals surface area contributed by atoms with E-state index in [2.05, 4.69) is 72.7 Å². The molecule has 0 saturated heterocycles. The first-order chi connectivity index (χ1) is 15.5. The van der Waals surface area contributed by atoms with Crippen LogP contribution in [0, 0.1) is 19.8 Å². The summed E-state index contributed by atoms with van der Waals surface area (Å²) in [6.45, 7) is 6.72. The van der Waals surface area contributed by atoms with E-state index >= 15 is 0 Å². The lowest BCUT2D eigenvalue weighted by molar-refractivity contribution is 0.0934. The van der Waals surface area contributed by atoms with Crippen molar-refractivity contribution in [2.75, 3.05) is 6.54 Å². The predicted molar refractivity (Wildman–Crippen MR) is 128 cm³/mol. The molecule has 2 atom stereocenters. The molecule has 1 aliphatic carbocycles. The molecule has 5 nitrogen and oxygen atoms in total. The maximum atomic E-state index is 12.6. The quantitative estimate of drug-likeness (QED) is 0.531. The fourth-order valence-corrected chi connectivity index (χ4v) is 4.12. The molecule has 0 bridgehead atoms. The molecule has 32 heavy (non-hydrogen) atoms. The third-order valence-corrected chi connectivity index (χ3v) is 5.77. The smallest absolute Gasteiger partial charge is 0.251 e. The van der Waals surface area contributed by atoms with Crippen LogP contribution < -0.4 is 10.1 Å². The Balaban J connectivity index is 1.53. The summed E-state index contributed by atoms with van der Waals surface area (Å²) in [4.78, 5) is 12.6. The van der Waals surface area contributed by atoms with Crippen LogP contribution in [0.2, 0.25) is 0 Å². The zero-order valence-corrected chi connectivity index (χ0v) is 18.8. The number of H-pyrrole nitrogens is 1. The fraction of sp³-hybridized carbons (Fsp3) is 0.259. The minimum absolute atomic E-state index is 0.113. The summed E-state index contributed by atoms with van der Waals surface area (Å²) in [5, 5.41) is 10.5. The van der Waals surface area contributed by atoms with Gasteiger partial charge in [-0.15, -0.1) is 5.10 Å². The van der Waals surface area contributed by atoms with Crippen molar-refractivity contribution in [2.24, 2.45) is 5.92 Å². The number of amides is 1. The molecule has 0 saturated carbocycles. The van der Waals surface area contributed by atoms with Gasteiger partial charge in [-0.05, 0) is 55.0 Å². The van der Waals surface area contributed by atoms with Crippen LogP contribution in [0.1, 0.15) is 34.8 Å². The summed E-state index contributed by atoms with van der Waals surface area (Å²) in [5.41, 5.74) is 6.20. The van der Waals surface area contributed by atoms with E-state index in [1.807, 2.05) is 24.3 Å². The zero-order valence-electron chi connectivity index (χ0n) is 18.8. The molecule has 1 amide bonds. The molecule has 4 rings (SSSR count). The van der Waals surface area contributed by atoms with Gasteiger partial charge in [-0.2, -0.15) is 0 Å². The summed E-state index contributed by atoms with van der Waals surface area (Å²) in [7, 11) is 0. The van der Waals surface area contributed by atoms with Gasteiger partial charge in [0.15, 0.2) is 0 Å². The Morgan fingerprint density at radius 1 is 1.16 bits per heavy atom. The number of benzene rings is 2. The van der Waals surface area contributed by atoms with E-state index in [0.717, 1.165) is 23.3 Å². The maximum Gasteiger partial charge on any atom is 0.251 e. The largest absolute Gasteiger partial charge is 0.467 e. The third-order valence-electron chi connectivity index (χ3n) is 5.77. The monoisotopic (exact) mass is 427 g/mol. The Kier molecular flexibility index (Phi) is 6.55. The lowest BCUT2D eigenvalue weighted by atomic mass is 9.92. The van der Waals surface area contributed by atoms with Crippen molar-refractivity contribution >= 4 is 5.91 Å². The molecule has 2 unspecified atom stereocenters. The van der Waals surface area contributed by atoms with E-state index in [1.54, 1.807) is 12.1 Å². The maximum absolute atomic E-state index is 12.6. The number of rotatable bonds is 7. The molecule has 2 N–H and O–H groups in total. The number of ether oxygens (including phenoxy) is 1. The van der Waals surface area contributed by atoms with Gasteiger partial charge in [-0.3, -0.25) is 9.89 Å². The molecule has 0 spiro atoms. The number of nitrogens with one attached hydrogen (secondary N) is 2. The highest BCUT2D eigenvalue weighted by Crippen LogP contribution is 2.29. The van der Waals surface area contributed by atoms with E-state index in [9.17, 15) is 4.79 Å². The first kappa shape index (κ1) is 21.6. The zero-order chi connectivity index (χ0) is 22.5. The highest BCUT2D eigenvalue weighted by atomic mass is 16.5. The molecule has 2 aromatic carbocycles. The topological polar surface area (TPSA) is 67.0 Å². The molecule has 1 heterocycles. The first-order valence-corrected chi connectivity index (χ1v) is 11.0. The fourth-order valence-electron chi connectivity index (χ4n) is 4.12. The van der Waals surface area contributed by atoms with E-state index < -0.39 is 0 Å². The number of nitrogens with zero attached hydrogens (tertiary/aromatic N) is 1. The molecule has 5 heteroatoms. The van der Waals surface area contributed by atoms with Gasteiger partial charge in [-0.1, -0.05) is 61.5 Å². The van der Waals surface area contributed by atoms with Gasteiger partial charge in [-0.25, -0.2) is 0 Å². The number of hydrogen-bond acceptors (Lipinski definition) is 3. The van der Waals surface area contributed by atoms with Crippen molar-refractivity contribution in [3.63, 3.8) is 0 Å². The van der Waals surface area contributed by atoms with Crippen LogP contribution in [0.4, 0.5) is 0 Å². The van der Waals surface area contributed by atoms with Crippen LogP contribution >= 0.6 is 0 Å². The molecule has 0 aliphatic heterocycles. The van der Waals surface area contributed by atoms with Crippen molar-refractivity contribution in [3.8, 4) is 17.1 Å². The Morgan fingerprint density at radius 3 is 2.62 bits per heavy atom. The standard InChI is InChI=1S/C27H29N3O2/c1-18-9-7-14-22(15-18)24(17-28-27(31)21-12-5-4-6-13-21)32-25-16-23(29-30-25)26-19(2)10-8-11-20(26)3/h4-14,16,18,24H,15,17H2,1-3H3,(H,28,31)(H,29,30). The second-order valence-corrected chi connectivity index (χ2v) is 8.38. The Hall–Kier alpha value is -3.60. The minimum Gasteiger partial charge on any atom is -0.467 e. The van der Waals surface area contributed by atoms with Crippen molar-refractivity contribution in [1.29, 1.82) is 0 Å². The lowest BCUT2D eigenvalue weighted by Gasteiger charge is -2.24. The van der Waals surface area contributed by atoms with E-state index in [0.29, 0.717) is 23.9 Å². The molecule has 1 aliphatic rings. The average molecular weight is 428 g/mol. The van der Waals surface area contributed by atoms with Gasteiger partial charge in [0.1, 0.15) is 6.10 Å². The molecule has 1 aromatic heterocycles. The summed E-state index contributed by atoms with van der Waals surface area (Å²) in [6.07, 6.45) is 6.90. The van der Waals surface area contributed by atoms with E-state index in [-0.39, 0.29) is 12.0 Å². The van der Waals surface area contributed by atoms with Gasteiger partial charge in [0, 0.05) is 17.2 Å². The SMILES string of the molecule is Cc1cccc(C)c1-c1cc(OC(CNC(=O)c2ccccc2)C2=CC=CC(C)C2)n[nH]1. The summed E-state index contributed by atoms with van der Waals surface area (Å²) in [6, 6.07) is 17.4. The van der Waals surface area contributed by atoms with Crippen LogP contribution in [-0.4, -0.2) is 28.8 Å². The van der Waals surface area contributed by atoms with Crippen LogP contribution in [-0.2, 0) is 0 Å². The second-order valence-electron chi connectivity index (χ2n) is 8.38. The number of carbonyl (C=O) groups excluding carboxylic acids is 1. The number of carbonyl (C=O) groups is 1. The number of allylic oxidation sites excluding steroid dienone is 3. The van der Waals surface area contributed by atoms with Crippen molar-refractivity contribution in [2.45, 2.75) is 33.3 Å². The summed E-state index contributed by atoms with van der Waals surface area (Å²) < 4.78 is 6.31. The third kappa shape index (κ3) is 4.99. The Labute approximate surface area is 189 Å². The van der Waals surface area contributed by atoms with Crippen LogP contribution in [0.5, 0.6) is 5.88 Å². The predicted octanol–water partition coefficient (Wildman–Crippen LogP) is 5.39. The van der Waals surface area contributed by atoms with Gasteiger partial charge in [0.2, 0.25) is 5.88 Å². The highest BCUT2D eigenvalue weighted by Gasteiger charge is 2.22. The van der Waals surface area contributed by atoms with Crippen molar-refractivity contribution in [3.05, 3.63) is 95.1 Å². The Morgan fingerprint density at radius 2 is 1.91 bits per heavy atom. The van der Waals surface area contributed by atoms with Crippen LogP contribution in [0.3, 0.4) is 0 Å². The summed E-state index contributed by atoms with van der Waals surface area (Å²) >= 11 is 0. The van der Waals surface area contributed by atoms with Gasteiger partial charge in [0.05, 0.1) is 12.2 Å². The van der Waals surface area contributed by atoms with Crippen molar-refractivity contribution in [1.82, 2.24) is 15.5 Å². The van der Waals surface area contributed by atoms with E-state index in [4.69, 9.17) is 4.74 Å². The molecule has 3 aromatic rings. The van der Waals surface area contributed by atoms with E-state index in [1.165, 1.54) is 11.1 Å². The number of aryl methyl sites for hydroxylation is 2. The number of aromatic nitrogens is 2. The Bertz CT molecular complexity index is 1120. The molecule has 0 radical (unpaired) electrons. The highest BCUT2D eigenvalue weighted by molar-refractivity contribution is 5.94. The molecular weight excluding hydrogens is 398 g/mol. The van der Waals surface area contributed by atoms with Crippen molar-refractivity contribution < 1.29 is 9.53 Å². The lowest BCUT2D eigenvalue weighted by Crippen LogP contribution is -2.37.